The summed E-state index contributed by atoms with van der Waals surface area (Å²) in [5, 5.41) is 0.754. The molecule has 1 aliphatic carbocycles. The van der Waals surface area contributed by atoms with Crippen molar-refractivity contribution < 1.29 is 8.42 Å². The Hall–Kier alpha value is -1.08. The number of aromatic nitrogens is 1. The van der Waals surface area contributed by atoms with Crippen LogP contribution in [0.5, 0.6) is 0 Å². The molecule has 0 spiro atoms. The normalized spacial score (nSPS) is 17.0. The molecule has 0 bridgehead atoms. The molecule has 0 aliphatic heterocycles. The summed E-state index contributed by atoms with van der Waals surface area (Å²) in [4.78, 5) is 0.364. The fraction of sp³-hybridized carbons (Fsp3) is 0.467. The number of sulfonamides is 1. The molecular weight excluding hydrogens is 322 g/mol. The molecule has 1 aliphatic rings. The van der Waals surface area contributed by atoms with Crippen molar-refractivity contribution >= 4 is 33.3 Å². The molecule has 1 saturated carbocycles. The Bertz CT molecular complexity index is 794. The maximum atomic E-state index is 12.7. The van der Waals surface area contributed by atoms with Gasteiger partial charge in [0.2, 0.25) is 10.0 Å². The lowest BCUT2D eigenvalue weighted by atomic mass is 9.78. The van der Waals surface area contributed by atoms with Crippen LogP contribution in [0.2, 0.25) is 0 Å². The fourth-order valence-electron chi connectivity index (χ4n) is 2.94. The molecule has 1 heterocycles. The van der Waals surface area contributed by atoms with Gasteiger partial charge in [-0.1, -0.05) is 18.2 Å². The molecule has 5 nitrogen and oxygen atoms in total. The number of benzene rings is 1. The largest absolute Gasteiger partial charge is 0.347 e. The van der Waals surface area contributed by atoms with Crippen LogP contribution in [-0.2, 0) is 17.1 Å². The van der Waals surface area contributed by atoms with E-state index in [0.29, 0.717) is 11.4 Å². The first-order chi connectivity index (χ1) is 9.84. The van der Waals surface area contributed by atoms with Crippen molar-refractivity contribution in [3.05, 3.63) is 30.0 Å². The molecule has 1 fully saturated rings. The van der Waals surface area contributed by atoms with Gasteiger partial charge in [0, 0.05) is 35.7 Å². The van der Waals surface area contributed by atoms with E-state index in [1.807, 2.05) is 42.8 Å². The van der Waals surface area contributed by atoms with E-state index in [2.05, 4.69) is 4.72 Å². The van der Waals surface area contributed by atoms with E-state index >= 15 is 0 Å². The number of rotatable bonds is 4. The number of hydrogen-bond acceptors (Lipinski definition) is 3. The van der Waals surface area contributed by atoms with E-state index < -0.39 is 10.0 Å². The van der Waals surface area contributed by atoms with Gasteiger partial charge in [0.05, 0.1) is 0 Å². The minimum absolute atomic E-state index is 0. The number of halogens is 1. The smallest absolute Gasteiger partial charge is 0.243 e. The highest BCUT2D eigenvalue weighted by molar-refractivity contribution is 7.89. The lowest BCUT2D eigenvalue weighted by molar-refractivity contribution is 0.251. The Labute approximate surface area is 137 Å². The van der Waals surface area contributed by atoms with Gasteiger partial charge >= 0.3 is 0 Å². The summed E-state index contributed by atoms with van der Waals surface area (Å²) in [5.74, 6) is 0. The van der Waals surface area contributed by atoms with Crippen LogP contribution < -0.4 is 10.5 Å². The van der Waals surface area contributed by atoms with Crippen LogP contribution in [0.3, 0.4) is 0 Å². The van der Waals surface area contributed by atoms with Gasteiger partial charge in [-0.2, -0.15) is 0 Å². The molecule has 7 heteroatoms. The first-order valence-electron chi connectivity index (χ1n) is 7.17. The van der Waals surface area contributed by atoms with Gasteiger partial charge in [-0.15, -0.1) is 12.4 Å². The zero-order valence-corrected chi connectivity index (χ0v) is 14.4. The first-order valence-corrected chi connectivity index (χ1v) is 8.65. The number of fused-ring (bicyclic) bond motifs is 1. The zero-order valence-electron chi connectivity index (χ0n) is 12.8. The zero-order chi connectivity index (χ0) is 15.3. The molecule has 1 aromatic carbocycles. The van der Waals surface area contributed by atoms with Crippen molar-refractivity contribution in [2.24, 2.45) is 12.8 Å². The minimum atomic E-state index is -3.56. The van der Waals surface area contributed by atoms with Crippen LogP contribution >= 0.6 is 12.4 Å². The predicted molar refractivity (Wildman–Crippen MR) is 90.9 cm³/mol. The Morgan fingerprint density at radius 1 is 1.32 bits per heavy atom. The Morgan fingerprint density at radius 3 is 2.55 bits per heavy atom. The number of para-hydroxylation sites is 1. The van der Waals surface area contributed by atoms with Crippen molar-refractivity contribution in [3.63, 3.8) is 0 Å². The van der Waals surface area contributed by atoms with Gasteiger partial charge < -0.3 is 10.3 Å². The molecule has 0 saturated heterocycles. The van der Waals surface area contributed by atoms with Crippen molar-refractivity contribution in [3.8, 4) is 0 Å². The summed E-state index contributed by atoms with van der Waals surface area (Å²) >= 11 is 0. The van der Waals surface area contributed by atoms with Gasteiger partial charge in [0.1, 0.15) is 4.90 Å². The van der Waals surface area contributed by atoms with E-state index in [1.165, 1.54) is 0 Å². The second-order valence-corrected chi connectivity index (χ2v) is 7.73. The molecule has 3 rings (SSSR count). The van der Waals surface area contributed by atoms with Crippen LogP contribution in [0.4, 0.5) is 0 Å². The minimum Gasteiger partial charge on any atom is -0.347 e. The molecule has 3 N–H and O–H groups in total. The maximum Gasteiger partial charge on any atom is 0.243 e. The molecule has 0 radical (unpaired) electrons. The molecule has 2 aromatic rings. The molecule has 22 heavy (non-hydrogen) atoms. The molecule has 0 atom stereocenters. The Kier molecular flexibility index (Phi) is 4.59. The molecule has 0 amide bonds. The third-order valence-electron chi connectivity index (χ3n) is 4.57. The number of aryl methyl sites for hydroxylation is 1. The predicted octanol–water partition coefficient (Wildman–Crippen LogP) is 2.07. The fourth-order valence-corrected chi connectivity index (χ4v) is 4.55. The van der Waals surface area contributed by atoms with Crippen LogP contribution in [0, 0.1) is 6.92 Å². The van der Waals surface area contributed by atoms with Crippen LogP contribution in [0.15, 0.2) is 29.2 Å². The Balaban J connectivity index is 0.00000176. The van der Waals surface area contributed by atoms with Crippen LogP contribution in [0.1, 0.15) is 25.0 Å². The molecule has 0 unspecified atom stereocenters. The van der Waals surface area contributed by atoms with E-state index in [4.69, 9.17) is 5.73 Å². The first kappa shape index (κ1) is 17.3. The highest BCUT2D eigenvalue weighted by atomic mass is 35.5. The third kappa shape index (κ3) is 2.76. The summed E-state index contributed by atoms with van der Waals surface area (Å²) in [6, 6.07) is 7.54. The summed E-state index contributed by atoms with van der Waals surface area (Å²) in [6.45, 7) is 2.13. The quantitative estimate of drug-likeness (QED) is 0.892. The van der Waals surface area contributed by atoms with E-state index in [1.54, 1.807) is 0 Å². The summed E-state index contributed by atoms with van der Waals surface area (Å²) in [6.07, 6.45) is 2.83. The van der Waals surface area contributed by atoms with Gasteiger partial charge in [-0.3, -0.25) is 0 Å². The number of hydrogen-bond donors (Lipinski definition) is 2. The van der Waals surface area contributed by atoms with Gasteiger partial charge in [-0.25, -0.2) is 13.1 Å². The molecule has 1 aromatic heterocycles. The van der Waals surface area contributed by atoms with Gasteiger partial charge in [0.15, 0.2) is 0 Å². The highest BCUT2D eigenvalue weighted by Crippen LogP contribution is 2.31. The number of nitrogens with two attached hydrogens (primary N) is 1. The summed E-state index contributed by atoms with van der Waals surface area (Å²) < 4.78 is 30.0. The van der Waals surface area contributed by atoms with E-state index in [0.717, 1.165) is 35.9 Å². The SMILES string of the molecule is Cc1c(S(=O)(=O)NCC2(N)CCC2)c2ccccc2n1C.Cl. The second-order valence-electron chi connectivity index (χ2n) is 6.03. The van der Waals surface area contributed by atoms with Gasteiger partial charge in [0.25, 0.3) is 0 Å². The number of nitrogens with zero attached hydrogens (tertiary/aromatic N) is 1. The number of nitrogens with one attached hydrogen (secondary N) is 1. The topological polar surface area (TPSA) is 77.1 Å². The van der Waals surface area contributed by atoms with Crippen molar-refractivity contribution in [2.45, 2.75) is 36.6 Å². The second kappa shape index (κ2) is 5.85. The third-order valence-corrected chi connectivity index (χ3v) is 6.15. The average Bonchev–Trinajstić information content (AvgIpc) is 2.68. The molecular formula is C15H22ClN3O2S. The van der Waals surface area contributed by atoms with E-state index in [9.17, 15) is 8.42 Å². The average molecular weight is 344 g/mol. The van der Waals surface area contributed by atoms with Crippen molar-refractivity contribution in [1.29, 1.82) is 0 Å². The van der Waals surface area contributed by atoms with E-state index in [-0.39, 0.29) is 17.9 Å². The standard InChI is InChI=1S/C15H21N3O2S.ClH/c1-11-14(12-6-3-4-7-13(12)18(11)2)21(19,20)17-10-15(16)8-5-9-15;/h3-4,6-7,17H,5,8-10,16H2,1-2H3;1H. The van der Waals surface area contributed by atoms with Crippen LogP contribution in [-0.4, -0.2) is 25.1 Å². The maximum absolute atomic E-state index is 12.7. The van der Waals surface area contributed by atoms with Crippen LogP contribution in [0.25, 0.3) is 10.9 Å². The lowest BCUT2D eigenvalue weighted by Gasteiger charge is -2.38. The van der Waals surface area contributed by atoms with Crippen molar-refractivity contribution in [2.75, 3.05) is 6.54 Å². The van der Waals surface area contributed by atoms with Crippen molar-refractivity contribution in [1.82, 2.24) is 9.29 Å². The monoisotopic (exact) mass is 343 g/mol. The highest BCUT2D eigenvalue weighted by Gasteiger charge is 2.34. The summed E-state index contributed by atoms with van der Waals surface area (Å²) in [7, 11) is -1.67. The van der Waals surface area contributed by atoms with Gasteiger partial charge in [-0.05, 0) is 32.3 Å². The lowest BCUT2D eigenvalue weighted by Crippen LogP contribution is -2.54. The summed E-state index contributed by atoms with van der Waals surface area (Å²) in [5.41, 5.74) is 7.40. The molecule has 122 valence electrons. The Morgan fingerprint density at radius 2 is 1.95 bits per heavy atom.